The van der Waals surface area contributed by atoms with Crippen molar-refractivity contribution in [2.75, 3.05) is 80.1 Å². The molecule has 66 heavy (non-hydrogen) atoms. The van der Waals surface area contributed by atoms with Gasteiger partial charge in [-0.05, 0) is 142 Å². The number of amides is 2. The smallest absolute Gasteiger partial charge is 0.234 e. The molecule has 14 nitrogen and oxygen atoms in total. The summed E-state index contributed by atoms with van der Waals surface area (Å²) in [5, 5.41) is 10.4. The van der Waals surface area contributed by atoms with Gasteiger partial charge in [0.05, 0.1) is 34.4 Å². The zero-order chi connectivity index (χ0) is 46.5. The normalized spacial score (nSPS) is 19.6. The molecule has 4 fully saturated rings. The van der Waals surface area contributed by atoms with Gasteiger partial charge in [-0.3, -0.25) is 14.9 Å². The van der Waals surface area contributed by atoms with Crippen LogP contribution in [0.25, 0.3) is 10.9 Å². The first-order valence-corrected chi connectivity index (χ1v) is 26.1. The van der Waals surface area contributed by atoms with E-state index in [4.69, 9.17) is 9.72 Å². The van der Waals surface area contributed by atoms with Crippen molar-refractivity contribution >= 4 is 85.6 Å². The molecule has 0 bridgehead atoms. The van der Waals surface area contributed by atoms with Gasteiger partial charge in [-0.15, -0.1) is 0 Å². The van der Waals surface area contributed by atoms with Crippen molar-refractivity contribution in [3.8, 4) is 5.75 Å². The van der Waals surface area contributed by atoms with Crippen LogP contribution in [0, 0.1) is 30.9 Å². The minimum Gasteiger partial charge on any atom is -0.494 e. The van der Waals surface area contributed by atoms with E-state index < -0.39 is 36.5 Å². The van der Waals surface area contributed by atoms with Crippen LogP contribution >= 0.6 is 23.1 Å². The Morgan fingerprint density at radius 3 is 2.21 bits per heavy atom. The molecule has 3 aromatic carbocycles. The molecular formula is C48H56BrF2N10O4P. The lowest BCUT2D eigenvalue weighted by molar-refractivity contribution is -0.134. The summed E-state index contributed by atoms with van der Waals surface area (Å²) in [5.74, 6) is -1.34. The quantitative estimate of drug-likeness (QED) is 0.0903. The molecule has 0 radical (unpaired) electrons. The molecule has 2 aromatic heterocycles. The number of carbonyl (C=O) groups excluding carboxylic acids is 2. The van der Waals surface area contributed by atoms with Crippen molar-refractivity contribution in [1.82, 2.24) is 30.2 Å². The van der Waals surface area contributed by atoms with Gasteiger partial charge in [-0.2, -0.15) is 4.98 Å². The average molecular weight is 986 g/mol. The lowest BCUT2D eigenvalue weighted by atomic mass is 9.70. The fraction of sp³-hybridized carbons (Fsp3) is 0.458. The molecule has 6 heterocycles. The number of nitrogens with zero attached hydrogens (tertiary/aromatic N) is 7. The number of imide groups is 1. The summed E-state index contributed by atoms with van der Waals surface area (Å²) < 4.78 is 50.8. The van der Waals surface area contributed by atoms with Gasteiger partial charge in [0.2, 0.25) is 17.8 Å². The third-order valence-electron chi connectivity index (χ3n) is 14.2. The van der Waals surface area contributed by atoms with Crippen LogP contribution in [0.2, 0.25) is 0 Å². The van der Waals surface area contributed by atoms with E-state index in [1.54, 1.807) is 32.8 Å². The topological polar surface area (TPSA) is 158 Å². The Balaban J connectivity index is 0.798. The minimum atomic E-state index is -2.77. The van der Waals surface area contributed by atoms with E-state index in [0.717, 1.165) is 92.5 Å². The number of piperidine rings is 4. The van der Waals surface area contributed by atoms with Crippen molar-refractivity contribution < 1.29 is 27.7 Å². The third kappa shape index (κ3) is 9.35. The summed E-state index contributed by atoms with van der Waals surface area (Å²) in [4.78, 5) is 49.4. The number of carbonyl (C=O) groups is 2. The highest BCUT2D eigenvalue weighted by Gasteiger charge is 2.40. The monoisotopic (exact) mass is 984 g/mol. The Labute approximate surface area is 392 Å². The second kappa shape index (κ2) is 18.4. The number of fused-ring (bicyclic) bond motifs is 1. The van der Waals surface area contributed by atoms with Gasteiger partial charge >= 0.3 is 0 Å². The highest BCUT2D eigenvalue weighted by atomic mass is 79.9. The second-order valence-corrected chi connectivity index (χ2v) is 22.7. The fourth-order valence-corrected chi connectivity index (χ4v) is 12.3. The molecule has 9 rings (SSSR count). The Hall–Kier alpha value is -5.25. The first-order valence-electron chi connectivity index (χ1n) is 22.7. The predicted octanol–water partition coefficient (Wildman–Crippen LogP) is 8.69. The fourth-order valence-electron chi connectivity index (χ4n) is 10.5. The second-order valence-electron chi connectivity index (χ2n) is 18.7. The number of nitrogens with one attached hydrogen (secondary N) is 3. The number of methoxy groups -OCH3 is 1. The minimum absolute atomic E-state index is 0.0645. The highest BCUT2D eigenvalue weighted by Crippen LogP contribution is 2.46. The number of hydrogen-bond acceptors (Lipinski definition) is 13. The van der Waals surface area contributed by atoms with Crippen LogP contribution in [0.4, 0.5) is 43.3 Å². The van der Waals surface area contributed by atoms with E-state index in [1.165, 1.54) is 12.1 Å². The van der Waals surface area contributed by atoms with Crippen LogP contribution < -0.4 is 35.8 Å². The van der Waals surface area contributed by atoms with Crippen LogP contribution in [-0.4, -0.2) is 102 Å². The number of aromatic nitrogens is 4. The molecular weight excluding hydrogens is 929 g/mol. The van der Waals surface area contributed by atoms with Gasteiger partial charge in [-0.1, -0.05) is 0 Å². The summed E-state index contributed by atoms with van der Waals surface area (Å²) in [6.07, 6.45) is 9.95. The zero-order valence-electron chi connectivity index (χ0n) is 38.0. The van der Waals surface area contributed by atoms with Crippen molar-refractivity contribution in [3.63, 3.8) is 0 Å². The van der Waals surface area contributed by atoms with Crippen LogP contribution in [0.5, 0.6) is 5.75 Å². The van der Waals surface area contributed by atoms with Gasteiger partial charge in [0.1, 0.15) is 36.2 Å². The number of halogens is 3. The molecule has 4 aliphatic heterocycles. The largest absolute Gasteiger partial charge is 0.494 e. The van der Waals surface area contributed by atoms with Crippen LogP contribution in [-0.2, 0) is 14.2 Å². The third-order valence-corrected chi connectivity index (χ3v) is 16.3. The summed E-state index contributed by atoms with van der Waals surface area (Å²) >= 11 is 3.60. The van der Waals surface area contributed by atoms with E-state index >= 15 is 8.78 Å². The van der Waals surface area contributed by atoms with Gasteiger partial charge in [0.15, 0.2) is 0 Å². The summed E-state index contributed by atoms with van der Waals surface area (Å²) in [7, 11) is -1.11. The molecule has 4 aliphatic rings. The number of rotatable bonds is 10. The molecule has 3 N–H and O–H groups in total. The van der Waals surface area contributed by atoms with Gasteiger partial charge in [0.25, 0.3) is 0 Å². The molecule has 0 aliphatic carbocycles. The Bertz CT molecular complexity index is 2730. The zero-order valence-corrected chi connectivity index (χ0v) is 40.5. The molecule has 2 amide bonds. The van der Waals surface area contributed by atoms with Crippen molar-refractivity contribution in [3.05, 3.63) is 81.9 Å². The standard InChI is InChI=1S/C48H56BrF2N10O4P/c1-28-22-39(56-47-53-27-34(49)45(58-47)55-38-8-7-37-33(26-52-29(2)54-37)44(38)66(4,5)64)41(65-3)25-40(28)61-20-14-48(15-21-61)12-18-60(19-13-48)30-10-16-59(17-11-30)31-23-35(50)43(36(51)24-31)32-6-9-42(62)57-46(32)63/h7-8,22-27,30,32H,6,9-21H2,1-5H3,(H,57,62,63)(H2,53,55,56,58)/t32-/m1/s1. The van der Waals surface area contributed by atoms with Crippen molar-refractivity contribution in [1.29, 1.82) is 0 Å². The SMILES string of the molecule is COc1cc(N2CCC3(CC2)CCN(C2CCN(c4cc(F)c([C@H]5CCC(=O)NC5=O)c(F)c4)CC2)CC3)c(C)cc1Nc1ncc(Br)c(Nc2ccc3nc(C)ncc3c2P(C)(C)=O)n1. The molecule has 348 valence electrons. The molecule has 0 saturated carbocycles. The molecule has 1 spiro atoms. The summed E-state index contributed by atoms with van der Waals surface area (Å²) in [5.41, 5.74) is 4.94. The van der Waals surface area contributed by atoms with Crippen LogP contribution in [0.15, 0.2) is 53.3 Å². The van der Waals surface area contributed by atoms with Crippen LogP contribution in [0.1, 0.15) is 74.2 Å². The first kappa shape index (κ1) is 45.9. The first-order chi connectivity index (χ1) is 31.6. The number of benzene rings is 3. The van der Waals surface area contributed by atoms with E-state index in [1.807, 2.05) is 24.0 Å². The molecule has 5 aromatic rings. The Kier molecular flexibility index (Phi) is 12.8. The van der Waals surface area contributed by atoms with Gasteiger partial charge < -0.3 is 34.6 Å². The van der Waals surface area contributed by atoms with Crippen molar-refractivity contribution in [2.24, 2.45) is 5.41 Å². The number of hydrogen-bond donors (Lipinski definition) is 3. The van der Waals surface area contributed by atoms with E-state index in [-0.39, 0.29) is 18.4 Å². The van der Waals surface area contributed by atoms with Crippen molar-refractivity contribution in [2.45, 2.75) is 77.2 Å². The predicted molar refractivity (Wildman–Crippen MR) is 259 cm³/mol. The number of likely N-dealkylation sites (tertiary alicyclic amines) is 1. The highest BCUT2D eigenvalue weighted by molar-refractivity contribution is 9.10. The van der Waals surface area contributed by atoms with E-state index in [0.29, 0.717) is 69.0 Å². The maximum absolute atomic E-state index is 15.3. The molecule has 1 atom stereocenters. The molecule has 0 unspecified atom stereocenters. The van der Waals surface area contributed by atoms with E-state index in [9.17, 15) is 14.2 Å². The average Bonchev–Trinajstić information content (AvgIpc) is 3.28. The maximum atomic E-state index is 15.3. The summed E-state index contributed by atoms with van der Waals surface area (Å²) in [6, 6.07) is 11.1. The lowest BCUT2D eigenvalue weighted by Crippen LogP contribution is -2.52. The van der Waals surface area contributed by atoms with Crippen LogP contribution in [0.3, 0.4) is 0 Å². The lowest BCUT2D eigenvalue weighted by Gasteiger charge is -2.50. The number of ether oxygens (including phenoxy) is 1. The number of aryl methyl sites for hydroxylation is 2. The molecule has 18 heteroatoms. The maximum Gasteiger partial charge on any atom is 0.234 e. The van der Waals surface area contributed by atoms with Gasteiger partial charge in [-0.25, -0.2) is 23.7 Å². The number of anilines is 6. The molecule has 4 saturated heterocycles. The van der Waals surface area contributed by atoms with E-state index in [2.05, 4.69) is 75.7 Å². The summed E-state index contributed by atoms with van der Waals surface area (Å²) in [6.45, 7) is 12.8. The Morgan fingerprint density at radius 1 is 0.848 bits per heavy atom. The Morgan fingerprint density at radius 2 is 1.55 bits per heavy atom. The van der Waals surface area contributed by atoms with Gasteiger partial charge in [0, 0.05) is 84.7 Å².